The number of benzene rings is 1. The summed E-state index contributed by atoms with van der Waals surface area (Å²) in [6.45, 7) is 2.09. The van der Waals surface area contributed by atoms with E-state index in [2.05, 4.69) is 20.3 Å². The number of thiophene rings is 1. The lowest BCUT2D eigenvalue weighted by molar-refractivity contribution is 0.362. The predicted octanol–water partition coefficient (Wildman–Crippen LogP) is 3.03. The van der Waals surface area contributed by atoms with Crippen molar-refractivity contribution in [3.63, 3.8) is 0 Å². The summed E-state index contributed by atoms with van der Waals surface area (Å²) in [5.74, 6) is 0.797. The van der Waals surface area contributed by atoms with Gasteiger partial charge >= 0.3 is 0 Å². The first-order chi connectivity index (χ1) is 13.7. The van der Waals surface area contributed by atoms with Gasteiger partial charge in [-0.05, 0) is 30.5 Å². The first-order valence-corrected chi connectivity index (χ1v) is 9.44. The molecule has 1 aromatic carbocycles. The third-order valence-electron chi connectivity index (χ3n) is 4.29. The maximum absolute atomic E-state index is 12.8. The molecule has 0 aliphatic carbocycles. The molecule has 4 aromatic heterocycles. The van der Waals surface area contributed by atoms with E-state index in [1.807, 2.05) is 48.7 Å². The fourth-order valence-electron chi connectivity index (χ4n) is 2.94. The van der Waals surface area contributed by atoms with Crippen LogP contribution < -0.4 is 5.56 Å². The molecule has 8 nitrogen and oxygen atoms in total. The molecule has 0 bridgehead atoms. The zero-order chi connectivity index (χ0) is 19.1. The third-order valence-corrected chi connectivity index (χ3v) is 5.19. The quantitative estimate of drug-likeness (QED) is 0.468. The highest BCUT2D eigenvalue weighted by atomic mass is 32.1. The Kier molecular flexibility index (Phi) is 3.87. The number of rotatable bonds is 4. The van der Waals surface area contributed by atoms with Crippen LogP contribution in [0.5, 0.6) is 0 Å². The number of hydrogen-bond donors (Lipinski definition) is 0. The lowest BCUT2D eigenvalue weighted by Crippen LogP contribution is -2.25. The molecule has 5 aromatic rings. The first kappa shape index (κ1) is 16.6. The van der Waals surface area contributed by atoms with E-state index in [0.717, 1.165) is 21.7 Å². The highest BCUT2D eigenvalue weighted by molar-refractivity contribution is 7.13. The summed E-state index contributed by atoms with van der Waals surface area (Å²) < 4.78 is 8.09. The van der Waals surface area contributed by atoms with E-state index in [1.54, 1.807) is 17.4 Å². The maximum Gasteiger partial charge on any atom is 0.293 e. The van der Waals surface area contributed by atoms with Crippen LogP contribution in [0.4, 0.5) is 0 Å². The van der Waals surface area contributed by atoms with Crippen molar-refractivity contribution < 1.29 is 4.52 Å². The van der Waals surface area contributed by atoms with Gasteiger partial charge in [-0.15, -0.1) is 11.3 Å². The van der Waals surface area contributed by atoms with Crippen LogP contribution in [0.25, 0.3) is 27.5 Å². The van der Waals surface area contributed by atoms with Crippen LogP contribution in [0.2, 0.25) is 0 Å². The van der Waals surface area contributed by atoms with Gasteiger partial charge in [0.25, 0.3) is 5.56 Å². The van der Waals surface area contributed by atoms with Crippen LogP contribution in [0, 0.1) is 6.92 Å². The van der Waals surface area contributed by atoms with Gasteiger partial charge in [-0.1, -0.05) is 35.0 Å². The molecule has 0 saturated heterocycles. The zero-order valence-corrected chi connectivity index (χ0v) is 15.6. The van der Waals surface area contributed by atoms with Gasteiger partial charge in [0.05, 0.1) is 4.88 Å². The van der Waals surface area contributed by atoms with Gasteiger partial charge in [-0.2, -0.15) is 15.2 Å². The van der Waals surface area contributed by atoms with Gasteiger partial charge in [0.2, 0.25) is 11.7 Å². The van der Waals surface area contributed by atoms with E-state index in [-0.39, 0.29) is 12.1 Å². The highest BCUT2D eigenvalue weighted by Gasteiger charge is 2.14. The van der Waals surface area contributed by atoms with Gasteiger partial charge in [-0.3, -0.25) is 4.79 Å². The molecular weight excluding hydrogens is 376 g/mol. The fraction of sp³-hybridized carbons (Fsp3) is 0.105. The van der Waals surface area contributed by atoms with Crippen molar-refractivity contribution in [3.8, 4) is 22.0 Å². The molecule has 4 heterocycles. The van der Waals surface area contributed by atoms with Crippen molar-refractivity contribution >= 4 is 16.9 Å². The minimum absolute atomic E-state index is 0.0909. The summed E-state index contributed by atoms with van der Waals surface area (Å²) >= 11 is 1.57. The van der Waals surface area contributed by atoms with Crippen molar-refractivity contribution in [3.05, 3.63) is 76.0 Å². The molecule has 0 unspecified atom stereocenters. The van der Waals surface area contributed by atoms with E-state index in [9.17, 15) is 4.79 Å². The number of aromatic nitrogens is 6. The molecule has 0 aliphatic rings. The Balaban J connectivity index is 1.47. The third kappa shape index (κ3) is 2.91. The zero-order valence-electron chi connectivity index (χ0n) is 14.8. The molecule has 28 heavy (non-hydrogen) atoms. The van der Waals surface area contributed by atoms with Gasteiger partial charge in [0.1, 0.15) is 24.1 Å². The number of fused-ring (bicyclic) bond motifs is 1. The molecule has 0 aliphatic heterocycles. The number of aryl methyl sites for hydroxylation is 1. The van der Waals surface area contributed by atoms with Gasteiger partial charge in [0, 0.05) is 5.56 Å². The fourth-order valence-corrected chi connectivity index (χ4v) is 3.63. The number of nitrogens with zero attached hydrogens (tertiary/aromatic N) is 6. The Morgan fingerprint density at radius 3 is 2.93 bits per heavy atom. The van der Waals surface area contributed by atoms with Crippen LogP contribution in [0.15, 0.2) is 63.5 Å². The molecule has 138 valence electrons. The minimum Gasteiger partial charge on any atom is -0.337 e. The Morgan fingerprint density at radius 2 is 2.11 bits per heavy atom. The lowest BCUT2D eigenvalue weighted by Gasteiger charge is -2.00. The monoisotopic (exact) mass is 390 g/mol. The van der Waals surface area contributed by atoms with Gasteiger partial charge in [-0.25, -0.2) is 9.20 Å². The van der Waals surface area contributed by atoms with Crippen LogP contribution in [0.3, 0.4) is 0 Å². The molecule has 0 radical (unpaired) electrons. The summed E-state index contributed by atoms with van der Waals surface area (Å²) in [6.07, 6.45) is 1.51. The summed E-state index contributed by atoms with van der Waals surface area (Å²) in [6, 6.07) is 13.5. The summed E-state index contributed by atoms with van der Waals surface area (Å²) in [7, 11) is 0. The van der Waals surface area contributed by atoms with Gasteiger partial charge in [0.15, 0.2) is 0 Å². The first-order valence-electron chi connectivity index (χ1n) is 8.56. The summed E-state index contributed by atoms with van der Waals surface area (Å²) in [4.78, 5) is 18.2. The SMILES string of the molecule is Cc1cccc(-c2noc(Cn3ncn4nc(-c5cccs5)cc4c3=O)n2)c1. The lowest BCUT2D eigenvalue weighted by atomic mass is 10.1. The molecular formula is C19H14N6O2S. The largest absolute Gasteiger partial charge is 0.337 e. The molecule has 0 N–H and O–H groups in total. The van der Waals surface area contributed by atoms with E-state index in [1.165, 1.54) is 15.5 Å². The van der Waals surface area contributed by atoms with Crippen molar-refractivity contribution in [2.45, 2.75) is 13.5 Å². The topological polar surface area (TPSA) is 91.1 Å². The smallest absolute Gasteiger partial charge is 0.293 e. The van der Waals surface area contributed by atoms with Crippen LogP contribution >= 0.6 is 11.3 Å². The molecule has 0 atom stereocenters. The van der Waals surface area contributed by atoms with Crippen molar-refractivity contribution in [1.29, 1.82) is 0 Å². The van der Waals surface area contributed by atoms with E-state index in [0.29, 0.717) is 17.2 Å². The van der Waals surface area contributed by atoms with E-state index in [4.69, 9.17) is 4.52 Å². The van der Waals surface area contributed by atoms with E-state index < -0.39 is 0 Å². The Morgan fingerprint density at radius 1 is 1.18 bits per heavy atom. The average Bonchev–Trinajstić information content (AvgIpc) is 3.44. The second kappa shape index (κ2) is 6.54. The number of hydrogen-bond acceptors (Lipinski definition) is 7. The Bertz CT molecular complexity index is 1330. The second-order valence-electron chi connectivity index (χ2n) is 6.31. The molecule has 0 saturated carbocycles. The van der Waals surface area contributed by atoms with Crippen molar-refractivity contribution in [1.82, 2.24) is 29.5 Å². The Hall–Kier alpha value is -3.59. The normalized spacial score (nSPS) is 11.3. The summed E-state index contributed by atoms with van der Waals surface area (Å²) in [5.41, 5.74) is 2.88. The van der Waals surface area contributed by atoms with Crippen molar-refractivity contribution in [2.75, 3.05) is 0 Å². The second-order valence-corrected chi connectivity index (χ2v) is 7.26. The molecule has 9 heteroatoms. The van der Waals surface area contributed by atoms with Crippen molar-refractivity contribution in [2.24, 2.45) is 0 Å². The summed E-state index contributed by atoms with van der Waals surface area (Å²) in [5, 5.41) is 14.6. The Labute approximate surface area is 162 Å². The molecule has 0 spiro atoms. The van der Waals surface area contributed by atoms with Crippen LogP contribution in [0.1, 0.15) is 11.5 Å². The van der Waals surface area contributed by atoms with Gasteiger partial charge < -0.3 is 4.52 Å². The molecule has 0 amide bonds. The average molecular weight is 390 g/mol. The van der Waals surface area contributed by atoms with Crippen LogP contribution in [-0.4, -0.2) is 29.5 Å². The van der Waals surface area contributed by atoms with E-state index >= 15 is 0 Å². The van der Waals surface area contributed by atoms with Crippen LogP contribution in [-0.2, 0) is 6.54 Å². The highest BCUT2D eigenvalue weighted by Crippen LogP contribution is 2.23. The molecule has 5 rings (SSSR count). The standard InChI is InChI=1S/C19H14N6O2S/c1-12-4-2-5-13(8-12)18-21-17(27-23-18)10-24-19(26)15-9-14(16-6-3-7-28-16)22-25(15)11-20-24/h2-9,11H,10H2,1H3. The maximum atomic E-state index is 12.8. The predicted molar refractivity (Wildman–Crippen MR) is 104 cm³/mol. The molecule has 0 fully saturated rings. The minimum atomic E-state index is -0.270.